The molecule has 5 rings (SSSR count). The molecule has 3 aromatic rings. The second kappa shape index (κ2) is 9.00. The van der Waals surface area contributed by atoms with Gasteiger partial charge in [0, 0.05) is 48.8 Å². The van der Waals surface area contributed by atoms with Crippen LogP contribution in [-0.2, 0) is 4.79 Å². The monoisotopic (exact) mass is 447 g/mol. The number of nitrogens with one attached hydrogen (secondary N) is 1. The summed E-state index contributed by atoms with van der Waals surface area (Å²) in [7, 11) is 0. The van der Waals surface area contributed by atoms with Gasteiger partial charge < -0.3 is 14.8 Å². The zero-order valence-electron chi connectivity index (χ0n) is 19.0. The highest BCUT2D eigenvalue weighted by Gasteiger charge is 2.33. The average Bonchev–Trinajstić information content (AvgIpc) is 3.27. The number of aryl methyl sites for hydroxylation is 1. The number of halogens is 1. The van der Waals surface area contributed by atoms with E-state index in [9.17, 15) is 14.0 Å². The molecule has 0 spiro atoms. The van der Waals surface area contributed by atoms with Crippen molar-refractivity contribution < 1.29 is 14.0 Å². The summed E-state index contributed by atoms with van der Waals surface area (Å²) in [5.74, 6) is 0.137. The number of benzene rings is 2. The molecular weight excluding hydrogens is 417 g/mol. The van der Waals surface area contributed by atoms with Gasteiger partial charge in [-0.25, -0.2) is 4.39 Å². The fraction of sp³-hybridized carbons (Fsp3) is 0.407. The Labute approximate surface area is 193 Å². The maximum Gasteiger partial charge on any atom is 0.253 e. The first kappa shape index (κ1) is 21.7. The van der Waals surface area contributed by atoms with Crippen LogP contribution in [0.4, 0.5) is 4.39 Å². The number of aromatic amines is 1. The lowest BCUT2D eigenvalue weighted by Crippen LogP contribution is -2.48. The highest BCUT2D eigenvalue weighted by Crippen LogP contribution is 2.34. The number of amides is 2. The second-order valence-electron chi connectivity index (χ2n) is 9.49. The van der Waals surface area contributed by atoms with Crippen molar-refractivity contribution in [3.05, 3.63) is 71.2 Å². The highest BCUT2D eigenvalue weighted by molar-refractivity contribution is 5.94. The summed E-state index contributed by atoms with van der Waals surface area (Å²) >= 11 is 0. The lowest BCUT2D eigenvalue weighted by atomic mass is 9.88. The van der Waals surface area contributed by atoms with Crippen molar-refractivity contribution in [1.29, 1.82) is 0 Å². The van der Waals surface area contributed by atoms with E-state index in [0.29, 0.717) is 37.7 Å². The zero-order chi connectivity index (χ0) is 22.9. The molecule has 1 unspecified atom stereocenters. The van der Waals surface area contributed by atoms with E-state index in [4.69, 9.17) is 0 Å². The van der Waals surface area contributed by atoms with Crippen LogP contribution in [0.3, 0.4) is 0 Å². The molecule has 0 radical (unpaired) electrons. The molecule has 1 N–H and O–H groups in total. The lowest BCUT2D eigenvalue weighted by Gasteiger charge is -2.38. The largest absolute Gasteiger partial charge is 0.361 e. The summed E-state index contributed by atoms with van der Waals surface area (Å²) in [5, 5.41) is 0.942. The Kier molecular flexibility index (Phi) is 5.92. The minimum atomic E-state index is -0.224. The van der Waals surface area contributed by atoms with Crippen LogP contribution in [-0.4, -0.2) is 52.8 Å². The van der Waals surface area contributed by atoms with Crippen LogP contribution < -0.4 is 0 Å². The number of H-pyrrole nitrogens is 1. The van der Waals surface area contributed by atoms with E-state index in [-0.39, 0.29) is 23.5 Å². The Hall–Kier alpha value is -3.15. The molecule has 0 bridgehead atoms. The zero-order valence-corrected chi connectivity index (χ0v) is 19.0. The standard InChI is InChI=1S/C27H30FN3O2/c1-18-4-6-20(7-5-18)26(32)31-12-2-3-21(17-31)27(33)30-13-10-19(11-14-30)24-16-29-25-9-8-22(28)15-23(24)25/h4-9,15-16,19,21,29H,2-3,10-14,17H2,1H3. The van der Waals surface area contributed by atoms with Crippen molar-refractivity contribution in [2.45, 2.75) is 38.5 Å². The average molecular weight is 448 g/mol. The van der Waals surface area contributed by atoms with Crippen molar-refractivity contribution in [1.82, 2.24) is 14.8 Å². The number of carbonyl (C=O) groups is 2. The van der Waals surface area contributed by atoms with Crippen LogP contribution >= 0.6 is 0 Å². The first-order chi connectivity index (χ1) is 16.0. The number of carbonyl (C=O) groups excluding carboxylic acids is 2. The maximum atomic E-state index is 13.8. The van der Waals surface area contributed by atoms with Crippen molar-refractivity contribution in [3.63, 3.8) is 0 Å². The number of piperidine rings is 2. The van der Waals surface area contributed by atoms with Gasteiger partial charge in [-0.05, 0) is 74.4 Å². The molecule has 1 aromatic heterocycles. The molecule has 172 valence electrons. The van der Waals surface area contributed by atoms with E-state index in [2.05, 4.69) is 4.98 Å². The summed E-state index contributed by atoms with van der Waals surface area (Å²) in [4.78, 5) is 33.3. The van der Waals surface area contributed by atoms with Gasteiger partial charge in [0.2, 0.25) is 5.91 Å². The van der Waals surface area contributed by atoms with Crippen LogP contribution in [0.2, 0.25) is 0 Å². The van der Waals surface area contributed by atoms with Crippen molar-refractivity contribution in [3.8, 4) is 0 Å². The Morgan fingerprint density at radius 3 is 2.48 bits per heavy atom. The third-order valence-electron chi connectivity index (χ3n) is 7.28. The first-order valence-electron chi connectivity index (χ1n) is 11.9. The fourth-order valence-corrected chi connectivity index (χ4v) is 5.36. The Morgan fingerprint density at radius 1 is 0.970 bits per heavy atom. The van der Waals surface area contributed by atoms with Crippen LogP contribution in [0.25, 0.3) is 10.9 Å². The van der Waals surface area contributed by atoms with Crippen molar-refractivity contribution in [2.24, 2.45) is 5.92 Å². The summed E-state index contributed by atoms with van der Waals surface area (Å²) in [6.07, 6.45) is 5.41. The highest BCUT2D eigenvalue weighted by atomic mass is 19.1. The number of hydrogen-bond donors (Lipinski definition) is 1. The van der Waals surface area contributed by atoms with Gasteiger partial charge in [0.1, 0.15) is 5.82 Å². The Bertz CT molecular complexity index is 1160. The van der Waals surface area contributed by atoms with Crippen LogP contribution in [0.15, 0.2) is 48.7 Å². The minimum Gasteiger partial charge on any atom is -0.361 e. The summed E-state index contributed by atoms with van der Waals surface area (Å²) in [5.41, 5.74) is 3.90. The van der Waals surface area contributed by atoms with Crippen LogP contribution in [0.1, 0.15) is 53.1 Å². The van der Waals surface area contributed by atoms with Gasteiger partial charge >= 0.3 is 0 Å². The van der Waals surface area contributed by atoms with Gasteiger partial charge in [-0.1, -0.05) is 17.7 Å². The molecule has 0 saturated carbocycles. The number of aromatic nitrogens is 1. The van der Waals surface area contributed by atoms with Crippen molar-refractivity contribution in [2.75, 3.05) is 26.2 Å². The molecule has 2 aliphatic rings. The van der Waals surface area contributed by atoms with E-state index < -0.39 is 0 Å². The number of rotatable bonds is 3. The molecule has 0 aliphatic carbocycles. The van der Waals surface area contributed by atoms with E-state index in [1.807, 2.05) is 47.2 Å². The van der Waals surface area contributed by atoms with Crippen LogP contribution in [0.5, 0.6) is 0 Å². The third-order valence-corrected chi connectivity index (χ3v) is 7.28. The van der Waals surface area contributed by atoms with E-state index in [1.54, 1.807) is 12.1 Å². The normalized spacial score (nSPS) is 19.8. The molecule has 2 aromatic carbocycles. The molecule has 2 amide bonds. The van der Waals surface area contributed by atoms with E-state index >= 15 is 0 Å². The smallest absolute Gasteiger partial charge is 0.253 e. The SMILES string of the molecule is Cc1ccc(C(=O)N2CCCC(C(=O)N3CCC(c4c[nH]c5ccc(F)cc45)CC3)C2)cc1. The van der Waals surface area contributed by atoms with Gasteiger partial charge in [-0.3, -0.25) is 9.59 Å². The molecule has 5 nitrogen and oxygen atoms in total. The molecule has 6 heteroatoms. The molecule has 2 saturated heterocycles. The fourth-order valence-electron chi connectivity index (χ4n) is 5.36. The first-order valence-corrected chi connectivity index (χ1v) is 11.9. The summed E-state index contributed by atoms with van der Waals surface area (Å²) in [6.45, 7) is 4.61. The summed E-state index contributed by atoms with van der Waals surface area (Å²) < 4.78 is 13.8. The second-order valence-corrected chi connectivity index (χ2v) is 9.49. The molecule has 2 fully saturated rings. The van der Waals surface area contributed by atoms with Gasteiger partial charge in [0.05, 0.1) is 5.92 Å². The molecular formula is C27H30FN3O2. The number of fused-ring (bicyclic) bond motifs is 1. The van der Waals surface area contributed by atoms with E-state index in [0.717, 1.165) is 47.7 Å². The van der Waals surface area contributed by atoms with Gasteiger partial charge in [-0.15, -0.1) is 0 Å². The van der Waals surface area contributed by atoms with E-state index in [1.165, 1.54) is 6.07 Å². The topological polar surface area (TPSA) is 56.4 Å². The molecule has 3 heterocycles. The lowest BCUT2D eigenvalue weighted by molar-refractivity contribution is -0.138. The number of nitrogens with zero attached hydrogens (tertiary/aromatic N) is 2. The van der Waals surface area contributed by atoms with Gasteiger partial charge in [0.15, 0.2) is 0 Å². The van der Waals surface area contributed by atoms with Crippen molar-refractivity contribution >= 4 is 22.7 Å². The van der Waals surface area contributed by atoms with Crippen LogP contribution in [0, 0.1) is 18.7 Å². The van der Waals surface area contributed by atoms with Gasteiger partial charge in [-0.2, -0.15) is 0 Å². The third kappa shape index (κ3) is 4.39. The number of hydrogen-bond acceptors (Lipinski definition) is 2. The summed E-state index contributed by atoms with van der Waals surface area (Å²) in [6, 6.07) is 12.5. The predicted molar refractivity (Wildman–Crippen MR) is 127 cm³/mol. The molecule has 33 heavy (non-hydrogen) atoms. The number of likely N-dealkylation sites (tertiary alicyclic amines) is 2. The Balaban J connectivity index is 1.21. The van der Waals surface area contributed by atoms with Gasteiger partial charge in [0.25, 0.3) is 5.91 Å². The Morgan fingerprint density at radius 2 is 1.73 bits per heavy atom. The maximum absolute atomic E-state index is 13.8. The minimum absolute atomic E-state index is 0.0118. The quantitative estimate of drug-likeness (QED) is 0.623. The molecule has 1 atom stereocenters. The predicted octanol–water partition coefficient (Wildman–Crippen LogP) is 4.87. The molecule has 2 aliphatic heterocycles.